The zero-order valence-electron chi connectivity index (χ0n) is 22.6. The molecule has 2 fully saturated rings. The number of aryl methyl sites for hydroxylation is 2. The lowest BCUT2D eigenvalue weighted by molar-refractivity contribution is -0.138. The Balaban J connectivity index is 1.15. The van der Waals surface area contributed by atoms with E-state index in [4.69, 9.17) is 14.6 Å². The quantitative estimate of drug-likeness (QED) is 0.383. The van der Waals surface area contributed by atoms with Crippen molar-refractivity contribution in [3.05, 3.63) is 82.7 Å². The number of aliphatic hydroxyl groups is 1. The van der Waals surface area contributed by atoms with Gasteiger partial charge in [-0.15, -0.1) is 0 Å². The van der Waals surface area contributed by atoms with Crippen molar-refractivity contribution in [3.63, 3.8) is 0 Å². The lowest BCUT2D eigenvalue weighted by atomic mass is 9.94. The third-order valence-electron chi connectivity index (χ3n) is 8.61. The third kappa shape index (κ3) is 6.11. The number of hydrogen-bond donors (Lipinski definition) is 2. The number of ether oxygens (including phenoxy) is 2. The fraction of sp³-hybridized carbons (Fsp3) is 0.406. The van der Waals surface area contributed by atoms with Gasteiger partial charge in [0, 0.05) is 5.56 Å². The normalized spacial score (nSPS) is 22.1. The van der Waals surface area contributed by atoms with Crippen LogP contribution < -0.4 is 9.47 Å². The fourth-order valence-corrected chi connectivity index (χ4v) is 7.50. The molecule has 216 valence electrons. The van der Waals surface area contributed by atoms with Crippen LogP contribution in [0.3, 0.4) is 0 Å². The van der Waals surface area contributed by atoms with Gasteiger partial charge in [-0.25, -0.2) is 12.8 Å². The van der Waals surface area contributed by atoms with Gasteiger partial charge in [-0.05, 0) is 109 Å². The van der Waals surface area contributed by atoms with E-state index in [9.17, 15) is 18.3 Å². The van der Waals surface area contributed by atoms with Crippen molar-refractivity contribution in [1.82, 2.24) is 0 Å². The summed E-state index contributed by atoms with van der Waals surface area (Å²) >= 11 is 0. The molecule has 1 unspecified atom stereocenters. The summed E-state index contributed by atoms with van der Waals surface area (Å²) in [4.78, 5) is 11.1. The van der Waals surface area contributed by atoms with Crippen molar-refractivity contribution in [1.29, 1.82) is 0 Å². The van der Waals surface area contributed by atoms with Gasteiger partial charge in [0.2, 0.25) is 0 Å². The molecule has 1 saturated carbocycles. The summed E-state index contributed by atoms with van der Waals surface area (Å²) in [7, 11) is -3.08. The summed E-state index contributed by atoms with van der Waals surface area (Å²) in [6.07, 6.45) is 3.38. The first-order valence-corrected chi connectivity index (χ1v) is 15.9. The monoisotopic (exact) mass is 580 g/mol. The van der Waals surface area contributed by atoms with Crippen LogP contribution in [-0.2, 0) is 34.1 Å². The number of carboxylic acid groups (broad SMARTS) is 1. The van der Waals surface area contributed by atoms with E-state index in [1.807, 2.05) is 36.4 Å². The maximum absolute atomic E-state index is 15.1. The third-order valence-corrected chi connectivity index (χ3v) is 10.3. The van der Waals surface area contributed by atoms with Crippen molar-refractivity contribution >= 4 is 15.8 Å². The first-order chi connectivity index (χ1) is 19.6. The molecule has 2 atom stereocenters. The van der Waals surface area contributed by atoms with Crippen LogP contribution in [-0.4, -0.2) is 48.3 Å². The fourth-order valence-electron chi connectivity index (χ4n) is 5.91. The Labute approximate surface area is 238 Å². The summed E-state index contributed by atoms with van der Waals surface area (Å²) in [6, 6.07) is 16.6. The highest BCUT2D eigenvalue weighted by atomic mass is 32.2. The molecule has 1 heterocycles. The topological polar surface area (TPSA) is 110 Å². The summed E-state index contributed by atoms with van der Waals surface area (Å²) in [5.74, 6) is -0.203. The van der Waals surface area contributed by atoms with E-state index < -0.39 is 21.4 Å². The van der Waals surface area contributed by atoms with Gasteiger partial charge in [0.1, 0.15) is 36.1 Å². The van der Waals surface area contributed by atoms with Gasteiger partial charge in [-0.2, -0.15) is 0 Å². The molecule has 3 aliphatic rings. The molecule has 0 spiro atoms. The molecule has 1 aliphatic heterocycles. The Morgan fingerprint density at radius 3 is 2.29 bits per heavy atom. The highest BCUT2D eigenvalue weighted by molar-refractivity contribution is 7.91. The molecular weight excluding hydrogens is 547 g/mol. The minimum absolute atomic E-state index is 0.0323. The molecule has 1 saturated heterocycles. The Morgan fingerprint density at radius 1 is 0.927 bits per heavy atom. The molecular formula is C32H33FO7S. The van der Waals surface area contributed by atoms with Gasteiger partial charge >= 0.3 is 5.97 Å². The first-order valence-electron chi connectivity index (χ1n) is 14.0. The maximum Gasteiger partial charge on any atom is 0.307 e. The number of carbonyl (C=O) groups is 1. The van der Waals surface area contributed by atoms with Crippen LogP contribution in [0.25, 0.3) is 11.1 Å². The summed E-state index contributed by atoms with van der Waals surface area (Å²) < 4.78 is 50.4. The number of benzene rings is 3. The van der Waals surface area contributed by atoms with Crippen LogP contribution in [0.5, 0.6) is 11.5 Å². The molecule has 2 N–H and O–H groups in total. The lowest BCUT2D eigenvalue weighted by Crippen LogP contribution is -2.43. The van der Waals surface area contributed by atoms with Crippen molar-refractivity contribution < 1.29 is 37.3 Å². The van der Waals surface area contributed by atoms with Crippen molar-refractivity contribution in [2.24, 2.45) is 5.92 Å². The van der Waals surface area contributed by atoms with Gasteiger partial charge in [0.05, 0.1) is 17.4 Å². The molecule has 7 nitrogen and oxygen atoms in total. The number of hydrogen-bond acceptors (Lipinski definition) is 6. The second kappa shape index (κ2) is 10.8. The minimum atomic E-state index is -3.08. The minimum Gasteiger partial charge on any atom is -0.491 e. The molecule has 3 aromatic carbocycles. The van der Waals surface area contributed by atoms with E-state index in [1.165, 1.54) is 0 Å². The van der Waals surface area contributed by atoms with Gasteiger partial charge < -0.3 is 19.7 Å². The molecule has 0 bridgehead atoms. The second-order valence-electron chi connectivity index (χ2n) is 11.6. The van der Waals surface area contributed by atoms with Crippen LogP contribution in [0.1, 0.15) is 53.9 Å². The zero-order valence-corrected chi connectivity index (χ0v) is 23.5. The van der Waals surface area contributed by atoms with E-state index in [0.717, 1.165) is 47.1 Å². The number of rotatable bonds is 8. The van der Waals surface area contributed by atoms with Gasteiger partial charge in [0.25, 0.3) is 0 Å². The Bertz CT molecular complexity index is 1570. The maximum atomic E-state index is 15.1. The summed E-state index contributed by atoms with van der Waals surface area (Å²) in [5, 5.41) is 19.9. The largest absolute Gasteiger partial charge is 0.491 e. The van der Waals surface area contributed by atoms with E-state index >= 15 is 4.39 Å². The summed E-state index contributed by atoms with van der Waals surface area (Å²) in [6.45, 7) is 0.0941. The van der Waals surface area contributed by atoms with Gasteiger partial charge in [-0.1, -0.05) is 18.2 Å². The Morgan fingerprint density at radius 2 is 1.61 bits per heavy atom. The van der Waals surface area contributed by atoms with E-state index in [1.54, 1.807) is 18.2 Å². The van der Waals surface area contributed by atoms with Crippen LogP contribution in [0.15, 0.2) is 54.6 Å². The predicted octanol–water partition coefficient (Wildman–Crippen LogP) is 5.07. The second-order valence-corrected chi connectivity index (χ2v) is 13.9. The van der Waals surface area contributed by atoms with Crippen LogP contribution >= 0.6 is 0 Å². The molecule has 3 aromatic rings. The molecule has 0 radical (unpaired) electrons. The van der Waals surface area contributed by atoms with Crippen LogP contribution in [0.4, 0.5) is 4.39 Å². The van der Waals surface area contributed by atoms with Gasteiger partial charge in [0.15, 0.2) is 9.84 Å². The standard InChI is InChI=1S/C32H33FO7S/c33-30-16-22-3-1-2-21-14-25(40-19-32(36)10-12-41(37,38)13-11-32)8-9-26(21)27(22)15-23(30)18-39-24-6-4-20(5-7-24)28-17-29(28)31(34)35/h4-9,14-16,28-29,36H,1-3,10-13,17-19H2,(H,34,35)/t28?,29-/m0/s1. The number of fused-ring (bicyclic) bond motifs is 3. The Kier molecular flexibility index (Phi) is 7.28. The van der Waals surface area contributed by atoms with E-state index in [-0.39, 0.29) is 55.2 Å². The number of sulfone groups is 1. The van der Waals surface area contributed by atoms with Crippen molar-refractivity contribution in [2.75, 3.05) is 18.1 Å². The van der Waals surface area contributed by atoms with Crippen LogP contribution in [0, 0.1) is 11.7 Å². The molecule has 0 amide bonds. The number of carboxylic acids is 1. The van der Waals surface area contributed by atoms with E-state index in [2.05, 4.69) is 0 Å². The molecule has 41 heavy (non-hydrogen) atoms. The van der Waals surface area contributed by atoms with Crippen molar-refractivity contribution in [2.45, 2.75) is 56.7 Å². The highest BCUT2D eigenvalue weighted by Gasteiger charge is 2.44. The number of aliphatic carboxylic acids is 1. The molecule has 6 rings (SSSR count). The SMILES string of the molecule is O=C(O)[C@H]1CC1c1ccc(OCc2cc3c(cc2F)CCCc2cc(OCC4(O)CCS(=O)(=O)CC4)ccc2-3)cc1. The zero-order chi connectivity index (χ0) is 28.8. The Hall–Kier alpha value is -3.43. The average molecular weight is 581 g/mol. The van der Waals surface area contributed by atoms with Crippen molar-refractivity contribution in [3.8, 4) is 22.6 Å². The summed E-state index contributed by atoms with van der Waals surface area (Å²) in [5.41, 5.74) is 4.26. The highest BCUT2D eigenvalue weighted by Crippen LogP contribution is 2.47. The first kappa shape index (κ1) is 27.7. The lowest BCUT2D eigenvalue weighted by Gasteiger charge is -2.31. The molecule has 9 heteroatoms. The van der Waals surface area contributed by atoms with Gasteiger partial charge in [-0.3, -0.25) is 4.79 Å². The molecule has 0 aromatic heterocycles. The van der Waals surface area contributed by atoms with E-state index in [0.29, 0.717) is 23.5 Å². The smallest absolute Gasteiger partial charge is 0.307 e. The predicted molar refractivity (Wildman–Crippen MR) is 151 cm³/mol. The average Bonchev–Trinajstić information content (AvgIpc) is 3.77. The number of halogens is 1. The van der Waals surface area contributed by atoms with Crippen LogP contribution in [0.2, 0.25) is 0 Å². The molecule has 2 aliphatic carbocycles.